The molecule has 2 aliphatic heterocycles. The molecular formula is C21H17F2N3O3S. The molecule has 0 fully saturated rings. The molecule has 0 spiro atoms. The Balaban J connectivity index is 1.59. The number of aromatic nitrogens is 1. The van der Waals surface area contributed by atoms with Crippen molar-refractivity contribution in [3.05, 3.63) is 76.5 Å². The van der Waals surface area contributed by atoms with Crippen molar-refractivity contribution in [1.29, 1.82) is 0 Å². The molecule has 6 nitrogen and oxygen atoms in total. The highest BCUT2D eigenvalue weighted by molar-refractivity contribution is 8.23. The third-order valence-electron chi connectivity index (χ3n) is 5.22. The van der Waals surface area contributed by atoms with Gasteiger partial charge in [0.2, 0.25) is 0 Å². The molecule has 154 valence electrons. The molecule has 0 radical (unpaired) electrons. The van der Waals surface area contributed by atoms with Gasteiger partial charge in [-0.15, -0.1) is 0 Å². The number of rotatable bonds is 3. The molecule has 0 atom stereocenters. The zero-order valence-corrected chi connectivity index (χ0v) is 16.4. The molecule has 0 aliphatic carbocycles. The van der Waals surface area contributed by atoms with Gasteiger partial charge in [-0.2, -0.15) is 10.6 Å². The Bertz CT molecular complexity index is 1200. The summed E-state index contributed by atoms with van der Waals surface area (Å²) in [5.41, 5.74) is 3.22. The van der Waals surface area contributed by atoms with E-state index >= 15 is 0 Å². The lowest BCUT2D eigenvalue weighted by atomic mass is 10.0. The summed E-state index contributed by atoms with van der Waals surface area (Å²) in [7, 11) is -2.65. The normalized spacial score (nSPS) is 17.3. The van der Waals surface area contributed by atoms with Crippen LogP contribution in [0.25, 0.3) is 11.3 Å². The Morgan fingerprint density at radius 1 is 1.00 bits per heavy atom. The van der Waals surface area contributed by atoms with Crippen molar-refractivity contribution in [2.75, 3.05) is 5.32 Å². The molecule has 9 heteroatoms. The highest BCUT2D eigenvalue weighted by atomic mass is 32.3. The second-order valence-electron chi connectivity index (χ2n) is 7.36. The number of hydrogen-bond donors (Lipinski definition) is 4. The van der Waals surface area contributed by atoms with E-state index in [1.165, 1.54) is 12.1 Å². The lowest BCUT2D eigenvalue weighted by Gasteiger charge is -2.25. The van der Waals surface area contributed by atoms with Crippen LogP contribution in [0.3, 0.4) is 0 Å². The minimum Gasteiger partial charge on any atom is -0.355 e. The molecule has 0 saturated carbocycles. The summed E-state index contributed by atoms with van der Waals surface area (Å²) >= 11 is 0. The fourth-order valence-corrected chi connectivity index (χ4v) is 5.53. The molecule has 0 bridgehead atoms. The SMILES string of the molecule is O=C1NCc2nc(-c3c(F)cccc3F)cc(Nc3ccc4c(c3)CS(O)(O)C4)c21. The fourth-order valence-electron chi connectivity index (χ4n) is 3.88. The van der Waals surface area contributed by atoms with E-state index in [1.54, 1.807) is 18.2 Å². The van der Waals surface area contributed by atoms with Gasteiger partial charge in [0.15, 0.2) is 0 Å². The van der Waals surface area contributed by atoms with Crippen LogP contribution in [0.5, 0.6) is 0 Å². The Hall–Kier alpha value is -3.01. The number of amides is 1. The van der Waals surface area contributed by atoms with Crippen molar-refractivity contribution in [2.24, 2.45) is 0 Å². The van der Waals surface area contributed by atoms with Crippen LogP contribution in [-0.2, 0) is 18.1 Å². The van der Waals surface area contributed by atoms with E-state index in [-0.39, 0.29) is 35.2 Å². The van der Waals surface area contributed by atoms with Gasteiger partial charge in [0, 0.05) is 5.69 Å². The van der Waals surface area contributed by atoms with Crippen molar-refractivity contribution in [2.45, 2.75) is 18.1 Å². The quantitative estimate of drug-likeness (QED) is 0.481. The number of nitrogens with one attached hydrogen (secondary N) is 2. The van der Waals surface area contributed by atoms with Gasteiger partial charge in [-0.25, -0.2) is 13.8 Å². The number of halogens is 2. The Morgan fingerprint density at radius 2 is 1.73 bits per heavy atom. The number of anilines is 2. The van der Waals surface area contributed by atoms with Crippen molar-refractivity contribution in [3.63, 3.8) is 0 Å². The molecule has 0 saturated heterocycles. The van der Waals surface area contributed by atoms with Gasteiger partial charge in [-0.1, -0.05) is 12.1 Å². The van der Waals surface area contributed by atoms with Crippen molar-refractivity contribution in [3.8, 4) is 11.3 Å². The molecule has 5 rings (SSSR count). The molecule has 3 aromatic rings. The van der Waals surface area contributed by atoms with Crippen molar-refractivity contribution >= 4 is 27.9 Å². The van der Waals surface area contributed by atoms with Gasteiger partial charge in [0.1, 0.15) is 11.6 Å². The highest BCUT2D eigenvalue weighted by Crippen LogP contribution is 2.53. The molecule has 30 heavy (non-hydrogen) atoms. The van der Waals surface area contributed by atoms with Gasteiger partial charge in [-0.3, -0.25) is 13.9 Å². The number of fused-ring (bicyclic) bond motifs is 2. The third kappa shape index (κ3) is 3.20. The molecule has 4 N–H and O–H groups in total. The standard InChI is InChI=1S/C21H17F2N3O3S/c22-14-2-1-3-15(23)19(14)16-7-17(20-18(26-16)8-24-21(20)27)25-13-5-4-11-9-30(28,29)10-12(11)6-13/h1-7,28-29H,8-10H2,(H,24,27)(H,25,26). The maximum absolute atomic E-state index is 14.3. The van der Waals surface area contributed by atoms with E-state index in [2.05, 4.69) is 15.6 Å². The van der Waals surface area contributed by atoms with Crippen LogP contribution < -0.4 is 10.6 Å². The Labute approximate surface area is 172 Å². The van der Waals surface area contributed by atoms with Crippen LogP contribution in [-0.4, -0.2) is 20.0 Å². The van der Waals surface area contributed by atoms with E-state index in [0.29, 0.717) is 22.6 Å². The van der Waals surface area contributed by atoms with Crippen LogP contribution in [0.4, 0.5) is 20.2 Å². The lowest BCUT2D eigenvalue weighted by molar-refractivity contribution is 0.0966. The molecule has 1 amide bonds. The zero-order valence-electron chi connectivity index (χ0n) is 15.6. The predicted molar refractivity (Wildman–Crippen MR) is 111 cm³/mol. The first-order valence-corrected chi connectivity index (χ1v) is 11.1. The number of nitrogens with zero attached hydrogens (tertiary/aromatic N) is 1. The predicted octanol–water partition coefficient (Wildman–Crippen LogP) is 4.78. The van der Waals surface area contributed by atoms with E-state index in [0.717, 1.165) is 23.3 Å². The monoisotopic (exact) mass is 429 g/mol. The van der Waals surface area contributed by atoms with E-state index in [9.17, 15) is 22.7 Å². The molecule has 0 unspecified atom stereocenters. The van der Waals surface area contributed by atoms with Gasteiger partial charge in [0.25, 0.3) is 5.91 Å². The smallest absolute Gasteiger partial charge is 0.255 e. The minimum atomic E-state index is -2.65. The molecule has 2 aliphatic rings. The van der Waals surface area contributed by atoms with Crippen molar-refractivity contribution in [1.82, 2.24) is 10.3 Å². The lowest BCUT2D eigenvalue weighted by Crippen LogP contribution is -2.13. The number of carbonyl (C=O) groups excluding carboxylic acids is 1. The van der Waals surface area contributed by atoms with Gasteiger partial charge in [0.05, 0.1) is 46.3 Å². The maximum Gasteiger partial charge on any atom is 0.255 e. The maximum atomic E-state index is 14.3. The Morgan fingerprint density at radius 3 is 2.50 bits per heavy atom. The summed E-state index contributed by atoms with van der Waals surface area (Å²) < 4.78 is 48.6. The highest BCUT2D eigenvalue weighted by Gasteiger charge is 2.28. The van der Waals surface area contributed by atoms with Gasteiger partial charge in [-0.05, 0) is 41.5 Å². The van der Waals surface area contributed by atoms with Crippen LogP contribution in [0, 0.1) is 11.6 Å². The number of benzene rings is 2. The fraction of sp³-hybridized carbons (Fsp3) is 0.143. The molecule has 2 aromatic carbocycles. The average molecular weight is 429 g/mol. The largest absolute Gasteiger partial charge is 0.355 e. The minimum absolute atomic E-state index is 0.0821. The first kappa shape index (κ1) is 19.0. The first-order chi connectivity index (χ1) is 14.3. The van der Waals surface area contributed by atoms with Gasteiger partial charge < -0.3 is 10.6 Å². The molecule has 1 aromatic heterocycles. The Kier molecular flexibility index (Phi) is 4.28. The van der Waals surface area contributed by atoms with Gasteiger partial charge >= 0.3 is 0 Å². The summed E-state index contributed by atoms with van der Waals surface area (Å²) in [5, 5.41) is 5.82. The molecule has 3 heterocycles. The van der Waals surface area contributed by atoms with E-state index in [4.69, 9.17) is 0 Å². The summed E-state index contributed by atoms with van der Waals surface area (Å²) in [6.07, 6.45) is 0. The first-order valence-electron chi connectivity index (χ1n) is 9.20. The van der Waals surface area contributed by atoms with Crippen LogP contribution in [0.2, 0.25) is 0 Å². The van der Waals surface area contributed by atoms with E-state index in [1.807, 2.05) is 0 Å². The topological polar surface area (TPSA) is 94.5 Å². The van der Waals surface area contributed by atoms with Crippen molar-refractivity contribution < 1.29 is 22.7 Å². The summed E-state index contributed by atoms with van der Waals surface area (Å²) in [4.78, 5) is 16.6. The second kappa shape index (κ2) is 6.76. The third-order valence-corrected chi connectivity index (χ3v) is 6.76. The molecular weight excluding hydrogens is 412 g/mol. The zero-order chi connectivity index (χ0) is 21.0. The van der Waals surface area contributed by atoms with Crippen LogP contribution in [0.1, 0.15) is 27.2 Å². The van der Waals surface area contributed by atoms with E-state index < -0.39 is 22.2 Å². The number of carbonyl (C=O) groups is 1. The summed E-state index contributed by atoms with van der Waals surface area (Å²) in [6.45, 7) is 0.165. The number of hydrogen-bond acceptors (Lipinski definition) is 5. The van der Waals surface area contributed by atoms with Crippen LogP contribution >= 0.6 is 10.6 Å². The van der Waals surface area contributed by atoms with Crippen LogP contribution in [0.15, 0.2) is 42.5 Å². The second-order valence-corrected chi connectivity index (χ2v) is 9.54. The average Bonchev–Trinajstić information content (AvgIpc) is 3.19. The summed E-state index contributed by atoms with van der Waals surface area (Å²) in [5.74, 6) is -1.40. The number of pyridine rings is 1. The summed E-state index contributed by atoms with van der Waals surface area (Å²) in [6, 6.07) is 10.4.